The van der Waals surface area contributed by atoms with E-state index in [9.17, 15) is 18.5 Å². The number of rotatable bonds is 8. The quantitative estimate of drug-likeness (QED) is 0.282. The Morgan fingerprint density at radius 2 is 1.85 bits per heavy atom. The number of benzene rings is 2. The van der Waals surface area contributed by atoms with E-state index in [4.69, 9.17) is 4.74 Å². The maximum atomic E-state index is 12.6. The van der Waals surface area contributed by atoms with Gasteiger partial charge in [-0.05, 0) is 36.4 Å². The SMILES string of the molecule is O=[N+]([O-])c1cc(S(=O)(=O)Nc2ccccc2)ccc1NN=Cc1ccc(N2CCOCC2)s1. The maximum Gasteiger partial charge on any atom is 0.295 e. The predicted octanol–water partition coefficient (Wildman–Crippen LogP) is 3.74. The molecule has 2 heterocycles. The summed E-state index contributed by atoms with van der Waals surface area (Å²) in [6.45, 7) is 3.05. The van der Waals surface area contributed by atoms with E-state index in [0.29, 0.717) is 18.9 Å². The fourth-order valence-corrected chi connectivity index (χ4v) is 5.18. The Morgan fingerprint density at radius 3 is 2.58 bits per heavy atom. The lowest BCUT2D eigenvalue weighted by molar-refractivity contribution is -0.384. The van der Waals surface area contributed by atoms with Crippen LogP contribution in [0.1, 0.15) is 4.88 Å². The predicted molar refractivity (Wildman–Crippen MR) is 129 cm³/mol. The molecule has 0 atom stereocenters. The molecule has 2 N–H and O–H groups in total. The van der Waals surface area contributed by atoms with Crippen molar-refractivity contribution in [2.75, 3.05) is 41.4 Å². The number of para-hydroxylation sites is 1. The van der Waals surface area contributed by atoms with Crippen LogP contribution in [-0.4, -0.2) is 45.9 Å². The summed E-state index contributed by atoms with van der Waals surface area (Å²) in [7, 11) is -3.99. The molecule has 0 amide bonds. The van der Waals surface area contributed by atoms with Gasteiger partial charge >= 0.3 is 0 Å². The van der Waals surface area contributed by atoms with Crippen LogP contribution in [-0.2, 0) is 14.8 Å². The Morgan fingerprint density at radius 1 is 1.09 bits per heavy atom. The number of nitrogens with zero attached hydrogens (tertiary/aromatic N) is 3. The highest BCUT2D eigenvalue weighted by Gasteiger charge is 2.21. The monoisotopic (exact) mass is 487 g/mol. The third-order valence-corrected chi connectivity index (χ3v) is 7.27. The number of anilines is 3. The Labute approximate surface area is 194 Å². The van der Waals surface area contributed by atoms with Crippen LogP contribution < -0.4 is 15.0 Å². The number of nitro benzene ring substituents is 1. The van der Waals surface area contributed by atoms with Gasteiger partial charge in [0.25, 0.3) is 15.7 Å². The largest absolute Gasteiger partial charge is 0.378 e. The number of nitro groups is 1. The Kier molecular flexibility index (Phi) is 6.87. The zero-order valence-corrected chi connectivity index (χ0v) is 19.0. The molecule has 1 aliphatic rings. The lowest BCUT2D eigenvalue weighted by Crippen LogP contribution is -2.35. The lowest BCUT2D eigenvalue weighted by atomic mass is 10.3. The molecule has 172 valence electrons. The van der Waals surface area contributed by atoms with E-state index in [0.717, 1.165) is 29.0 Å². The zero-order chi connectivity index (χ0) is 23.3. The smallest absolute Gasteiger partial charge is 0.295 e. The Bertz CT molecular complexity index is 1260. The fraction of sp³-hybridized carbons (Fsp3) is 0.190. The van der Waals surface area contributed by atoms with Crippen molar-refractivity contribution in [3.8, 4) is 0 Å². The molecular formula is C21H21N5O5S2. The molecule has 1 aromatic heterocycles. The van der Waals surface area contributed by atoms with Crippen LogP contribution in [0, 0.1) is 10.1 Å². The van der Waals surface area contributed by atoms with E-state index >= 15 is 0 Å². The van der Waals surface area contributed by atoms with E-state index in [1.807, 2.05) is 12.1 Å². The van der Waals surface area contributed by atoms with E-state index in [-0.39, 0.29) is 10.6 Å². The van der Waals surface area contributed by atoms with Crippen LogP contribution in [0.25, 0.3) is 0 Å². The van der Waals surface area contributed by atoms with Crippen LogP contribution in [0.15, 0.2) is 70.7 Å². The number of hydrogen-bond donors (Lipinski definition) is 2. The van der Waals surface area contributed by atoms with Crippen molar-refractivity contribution < 1.29 is 18.1 Å². The number of morpholine rings is 1. The van der Waals surface area contributed by atoms with Crippen molar-refractivity contribution in [2.24, 2.45) is 5.10 Å². The number of hydrogen-bond acceptors (Lipinski definition) is 9. The van der Waals surface area contributed by atoms with Gasteiger partial charge in [-0.2, -0.15) is 5.10 Å². The summed E-state index contributed by atoms with van der Waals surface area (Å²) in [4.78, 5) is 13.8. The van der Waals surface area contributed by atoms with E-state index in [1.54, 1.807) is 47.9 Å². The van der Waals surface area contributed by atoms with Gasteiger partial charge in [0.15, 0.2) is 0 Å². The molecule has 2 aromatic carbocycles. The van der Waals surface area contributed by atoms with Crippen molar-refractivity contribution in [3.63, 3.8) is 0 Å². The molecule has 0 bridgehead atoms. The van der Waals surface area contributed by atoms with E-state index in [1.165, 1.54) is 12.1 Å². The summed E-state index contributed by atoms with van der Waals surface area (Å²) in [6, 6.07) is 15.8. The van der Waals surface area contributed by atoms with Gasteiger partial charge in [0.2, 0.25) is 0 Å². The van der Waals surface area contributed by atoms with Crippen LogP contribution in [0.4, 0.5) is 22.1 Å². The number of nitrogens with one attached hydrogen (secondary N) is 2. The average molecular weight is 488 g/mol. The Balaban J connectivity index is 1.48. The minimum absolute atomic E-state index is 0.0832. The van der Waals surface area contributed by atoms with Crippen molar-refractivity contribution in [1.29, 1.82) is 0 Å². The first-order valence-electron chi connectivity index (χ1n) is 10.0. The summed E-state index contributed by atoms with van der Waals surface area (Å²) < 4.78 is 33.0. The van der Waals surface area contributed by atoms with E-state index < -0.39 is 20.6 Å². The molecule has 1 saturated heterocycles. The Hall–Kier alpha value is -3.48. The maximum absolute atomic E-state index is 12.6. The second kappa shape index (κ2) is 9.98. The molecule has 10 nitrogen and oxygen atoms in total. The molecule has 1 aliphatic heterocycles. The van der Waals surface area contributed by atoms with Gasteiger partial charge in [-0.15, -0.1) is 11.3 Å². The molecule has 0 spiro atoms. The third kappa shape index (κ3) is 5.66. The topological polar surface area (TPSA) is 126 Å². The molecule has 0 radical (unpaired) electrons. The minimum Gasteiger partial charge on any atom is -0.378 e. The standard InChI is InChI=1S/C21H21N5O5S2/c27-26(28)20-14-18(33(29,30)24-16-4-2-1-3-5-16)7-8-19(20)23-22-15-17-6-9-21(32-17)25-10-12-31-13-11-25/h1-9,14-15,23-24H,10-13H2. The summed E-state index contributed by atoms with van der Waals surface area (Å²) in [5.74, 6) is 0. The van der Waals surface area contributed by atoms with Gasteiger partial charge in [-0.25, -0.2) is 8.42 Å². The lowest BCUT2D eigenvalue weighted by Gasteiger charge is -2.27. The van der Waals surface area contributed by atoms with Crippen LogP contribution >= 0.6 is 11.3 Å². The zero-order valence-electron chi connectivity index (χ0n) is 17.4. The summed E-state index contributed by atoms with van der Waals surface area (Å²) in [6.07, 6.45) is 1.57. The van der Waals surface area contributed by atoms with Crippen LogP contribution in [0.3, 0.4) is 0 Å². The molecule has 0 saturated carbocycles. The normalized spacial score (nSPS) is 14.4. The number of sulfonamides is 1. The van der Waals surface area contributed by atoms with Gasteiger partial charge < -0.3 is 9.64 Å². The molecular weight excluding hydrogens is 466 g/mol. The van der Waals surface area contributed by atoms with Gasteiger partial charge in [0.05, 0.1) is 34.2 Å². The van der Waals surface area contributed by atoms with Crippen molar-refractivity contribution in [2.45, 2.75) is 4.90 Å². The van der Waals surface area contributed by atoms with Crippen LogP contribution in [0.5, 0.6) is 0 Å². The van der Waals surface area contributed by atoms with Gasteiger partial charge in [0.1, 0.15) is 5.69 Å². The summed E-state index contributed by atoms with van der Waals surface area (Å²) >= 11 is 1.55. The highest BCUT2D eigenvalue weighted by molar-refractivity contribution is 7.92. The highest BCUT2D eigenvalue weighted by atomic mass is 32.2. The third-order valence-electron chi connectivity index (χ3n) is 4.81. The second-order valence-electron chi connectivity index (χ2n) is 7.05. The summed E-state index contributed by atoms with van der Waals surface area (Å²) in [5.41, 5.74) is 2.69. The van der Waals surface area contributed by atoms with Gasteiger partial charge in [-0.3, -0.25) is 20.3 Å². The second-order valence-corrected chi connectivity index (χ2v) is 9.83. The molecule has 0 aliphatic carbocycles. The molecule has 4 rings (SSSR count). The first-order chi connectivity index (χ1) is 15.9. The minimum atomic E-state index is -3.99. The first-order valence-corrected chi connectivity index (χ1v) is 12.3. The summed E-state index contributed by atoms with van der Waals surface area (Å²) in [5, 5.41) is 16.8. The molecule has 3 aromatic rings. The molecule has 0 unspecified atom stereocenters. The van der Waals surface area contributed by atoms with Gasteiger partial charge in [0, 0.05) is 29.7 Å². The fourth-order valence-electron chi connectivity index (χ4n) is 3.18. The number of hydrazone groups is 1. The van der Waals surface area contributed by atoms with Crippen LogP contribution in [0.2, 0.25) is 0 Å². The molecule has 33 heavy (non-hydrogen) atoms. The van der Waals surface area contributed by atoms with Crippen molar-refractivity contribution in [1.82, 2.24) is 0 Å². The van der Waals surface area contributed by atoms with E-state index in [2.05, 4.69) is 20.1 Å². The van der Waals surface area contributed by atoms with Gasteiger partial charge in [-0.1, -0.05) is 18.2 Å². The number of ether oxygens (including phenoxy) is 1. The molecule has 12 heteroatoms. The first kappa shape index (κ1) is 22.7. The highest BCUT2D eigenvalue weighted by Crippen LogP contribution is 2.29. The van der Waals surface area contributed by atoms with Crippen molar-refractivity contribution >= 4 is 49.6 Å². The number of thiophene rings is 1. The average Bonchev–Trinajstić information content (AvgIpc) is 3.29. The van der Waals surface area contributed by atoms with Crippen molar-refractivity contribution in [3.05, 3.63) is 75.7 Å². The molecule has 1 fully saturated rings.